The van der Waals surface area contributed by atoms with E-state index in [2.05, 4.69) is 161 Å². The Bertz CT molecular complexity index is 1510. The van der Waals surface area contributed by atoms with Crippen LogP contribution in [0.1, 0.15) is 33.4 Å². The lowest BCUT2D eigenvalue weighted by Crippen LogP contribution is -2.31. The van der Waals surface area contributed by atoms with Gasteiger partial charge in [-0.2, -0.15) is 5.10 Å². The maximum Gasteiger partial charge on any atom is 0.0738 e. The quantitative estimate of drug-likeness (QED) is 0.197. The summed E-state index contributed by atoms with van der Waals surface area (Å²) in [6.07, 6.45) is 2.00. The summed E-state index contributed by atoms with van der Waals surface area (Å²) in [7, 11) is 0. The Hall–Kier alpha value is -4.73. The largest absolute Gasteiger partial charge is 0.309 e. The molecule has 0 aliphatic heterocycles. The minimum absolute atomic E-state index is 0.548. The number of rotatable bonds is 9. The van der Waals surface area contributed by atoms with Crippen LogP contribution in [0.5, 0.6) is 0 Å². The Morgan fingerprint density at radius 1 is 0.538 bits per heavy atom. The van der Waals surface area contributed by atoms with Crippen LogP contribution in [0.15, 0.2) is 152 Å². The Labute approximate surface area is 230 Å². The van der Waals surface area contributed by atoms with Crippen molar-refractivity contribution >= 4 is 0 Å². The molecular formula is C36H31N3. The van der Waals surface area contributed by atoms with Gasteiger partial charge in [0.2, 0.25) is 0 Å². The van der Waals surface area contributed by atoms with Crippen LogP contribution in [0.2, 0.25) is 0 Å². The highest BCUT2D eigenvalue weighted by molar-refractivity contribution is 5.72. The molecule has 3 nitrogen and oxygen atoms in total. The molecule has 1 aromatic heterocycles. The van der Waals surface area contributed by atoms with Crippen LogP contribution in [0.4, 0.5) is 0 Å². The molecule has 0 amide bonds. The fraction of sp³-hybridized carbons (Fsp3) is 0.0833. The molecule has 0 saturated carbocycles. The normalized spacial score (nSPS) is 11.4. The number of nitrogens with one attached hydrogen (secondary N) is 2. The van der Waals surface area contributed by atoms with E-state index in [9.17, 15) is 0 Å². The van der Waals surface area contributed by atoms with E-state index in [4.69, 9.17) is 0 Å². The lowest BCUT2D eigenvalue weighted by Gasteiger charge is -2.36. The highest BCUT2D eigenvalue weighted by atomic mass is 15.1. The topological polar surface area (TPSA) is 40.7 Å². The molecule has 2 N–H and O–H groups in total. The number of benzene rings is 5. The number of aromatic amines is 1. The second kappa shape index (κ2) is 11.3. The van der Waals surface area contributed by atoms with E-state index in [0.29, 0.717) is 0 Å². The standard InChI is InChI=1S/C36H31N3/c1-5-14-28(15-6-1)25-37-26-29-16-13-17-30(24-29)35-34(27-38-39-35)36(31-18-7-2-8-19-31,32-20-9-3-10-21-32)33-22-11-4-12-23-33/h1-24,27,37H,25-26H2,(H,38,39). The van der Waals surface area contributed by atoms with Crippen LogP contribution >= 0.6 is 0 Å². The summed E-state index contributed by atoms with van der Waals surface area (Å²) in [5, 5.41) is 11.6. The van der Waals surface area contributed by atoms with Crippen molar-refractivity contribution in [3.63, 3.8) is 0 Å². The molecular weight excluding hydrogens is 474 g/mol. The zero-order valence-electron chi connectivity index (χ0n) is 21.8. The zero-order valence-corrected chi connectivity index (χ0v) is 21.8. The van der Waals surface area contributed by atoms with Gasteiger partial charge < -0.3 is 5.32 Å². The fourth-order valence-electron chi connectivity index (χ4n) is 5.61. The molecule has 190 valence electrons. The summed E-state index contributed by atoms with van der Waals surface area (Å²) in [5.74, 6) is 0. The number of aromatic nitrogens is 2. The average molecular weight is 506 g/mol. The smallest absolute Gasteiger partial charge is 0.0738 e. The van der Waals surface area contributed by atoms with Gasteiger partial charge in [0.1, 0.15) is 0 Å². The molecule has 0 saturated heterocycles. The van der Waals surface area contributed by atoms with Gasteiger partial charge >= 0.3 is 0 Å². The van der Waals surface area contributed by atoms with E-state index in [1.54, 1.807) is 0 Å². The fourth-order valence-corrected chi connectivity index (χ4v) is 5.61. The molecule has 0 atom stereocenters. The van der Waals surface area contributed by atoms with Crippen LogP contribution in [-0.4, -0.2) is 10.2 Å². The number of H-pyrrole nitrogens is 1. The molecule has 39 heavy (non-hydrogen) atoms. The van der Waals surface area contributed by atoms with Crippen molar-refractivity contribution in [1.29, 1.82) is 0 Å². The molecule has 0 fully saturated rings. The number of hydrogen-bond acceptors (Lipinski definition) is 2. The number of hydrogen-bond donors (Lipinski definition) is 2. The highest BCUT2D eigenvalue weighted by Gasteiger charge is 2.41. The minimum atomic E-state index is -0.548. The van der Waals surface area contributed by atoms with Crippen molar-refractivity contribution in [3.8, 4) is 11.3 Å². The van der Waals surface area contributed by atoms with Crippen molar-refractivity contribution in [2.45, 2.75) is 18.5 Å². The first-order chi connectivity index (χ1) is 19.4. The lowest BCUT2D eigenvalue weighted by molar-refractivity contribution is 0.693. The van der Waals surface area contributed by atoms with Gasteiger partial charge in [-0.25, -0.2) is 0 Å². The second-order valence-electron chi connectivity index (χ2n) is 9.80. The minimum Gasteiger partial charge on any atom is -0.309 e. The van der Waals surface area contributed by atoms with Gasteiger partial charge in [-0.05, 0) is 33.9 Å². The van der Waals surface area contributed by atoms with Crippen LogP contribution < -0.4 is 5.32 Å². The van der Waals surface area contributed by atoms with E-state index in [1.165, 1.54) is 27.8 Å². The van der Waals surface area contributed by atoms with Crippen molar-refractivity contribution in [3.05, 3.63) is 185 Å². The first-order valence-corrected chi connectivity index (χ1v) is 13.4. The molecule has 0 spiro atoms. The molecule has 6 rings (SSSR count). The van der Waals surface area contributed by atoms with Crippen LogP contribution in [0, 0.1) is 0 Å². The Kier molecular flexibility index (Phi) is 7.15. The van der Waals surface area contributed by atoms with Gasteiger partial charge in [0.05, 0.1) is 17.3 Å². The summed E-state index contributed by atoms with van der Waals surface area (Å²) in [4.78, 5) is 0. The van der Waals surface area contributed by atoms with E-state index in [0.717, 1.165) is 29.9 Å². The zero-order chi connectivity index (χ0) is 26.3. The van der Waals surface area contributed by atoms with E-state index < -0.39 is 5.41 Å². The van der Waals surface area contributed by atoms with E-state index in [1.807, 2.05) is 6.20 Å². The Morgan fingerprint density at radius 3 is 1.59 bits per heavy atom. The summed E-state index contributed by atoms with van der Waals surface area (Å²) in [5.41, 5.74) is 8.83. The molecule has 0 bridgehead atoms. The Balaban J connectivity index is 1.46. The molecule has 5 aromatic carbocycles. The van der Waals surface area contributed by atoms with Crippen molar-refractivity contribution in [2.75, 3.05) is 0 Å². The maximum atomic E-state index is 4.63. The molecule has 0 aliphatic rings. The van der Waals surface area contributed by atoms with Crippen molar-refractivity contribution in [1.82, 2.24) is 15.5 Å². The second-order valence-corrected chi connectivity index (χ2v) is 9.80. The lowest BCUT2D eigenvalue weighted by atomic mass is 9.65. The van der Waals surface area contributed by atoms with Gasteiger partial charge in [0.15, 0.2) is 0 Å². The third-order valence-corrected chi connectivity index (χ3v) is 7.38. The van der Waals surface area contributed by atoms with E-state index in [-0.39, 0.29) is 0 Å². The third kappa shape index (κ3) is 4.93. The van der Waals surface area contributed by atoms with Gasteiger partial charge in [-0.3, -0.25) is 5.10 Å². The average Bonchev–Trinajstić information content (AvgIpc) is 3.50. The molecule has 3 heteroatoms. The summed E-state index contributed by atoms with van der Waals surface area (Å²) >= 11 is 0. The predicted molar refractivity (Wildman–Crippen MR) is 159 cm³/mol. The first-order valence-electron chi connectivity index (χ1n) is 13.4. The molecule has 0 unspecified atom stereocenters. The predicted octanol–water partition coefficient (Wildman–Crippen LogP) is 7.75. The van der Waals surface area contributed by atoms with E-state index >= 15 is 0 Å². The third-order valence-electron chi connectivity index (χ3n) is 7.38. The van der Waals surface area contributed by atoms with Crippen LogP contribution in [0.25, 0.3) is 11.3 Å². The SMILES string of the molecule is c1ccc(CNCc2cccc(-c3[nH]ncc3C(c3ccccc3)(c3ccccc3)c3ccccc3)c2)cc1. The summed E-state index contributed by atoms with van der Waals surface area (Å²) in [6, 6.07) is 51.5. The molecule has 0 aliphatic carbocycles. The monoisotopic (exact) mass is 505 g/mol. The Morgan fingerprint density at radius 2 is 1.03 bits per heavy atom. The van der Waals surface area contributed by atoms with Crippen molar-refractivity contribution < 1.29 is 0 Å². The van der Waals surface area contributed by atoms with Gasteiger partial charge in [0.25, 0.3) is 0 Å². The van der Waals surface area contributed by atoms with Crippen molar-refractivity contribution in [2.24, 2.45) is 0 Å². The summed E-state index contributed by atoms with van der Waals surface area (Å²) in [6.45, 7) is 1.62. The summed E-state index contributed by atoms with van der Waals surface area (Å²) < 4.78 is 0. The van der Waals surface area contributed by atoms with Crippen LogP contribution in [-0.2, 0) is 18.5 Å². The highest BCUT2D eigenvalue weighted by Crippen LogP contribution is 2.47. The molecule has 0 radical (unpaired) electrons. The number of nitrogens with zero attached hydrogens (tertiary/aromatic N) is 1. The van der Waals surface area contributed by atoms with Gasteiger partial charge in [-0.15, -0.1) is 0 Å². The maximum absolute atomic E-state index is 4.63. The van der Waals surface area contributed by atoms with Gasteiger partial charge in [0, 0.05) is 24.2 Å². The van der Waals surface area contributed by atoms with Gasteiger partial charge in [-0.1, -0.05) is 140 Å². The first kappa shape index (κ1) is 24.6. The van der Waals surface area contributed by atoms with Crippen LogP contribution in [0.3, 0.4) is 0 Å². The molecule has 1 heterocycles. The molecule has 6 aromatic rings.